The van der Waals surface area contributed by atoms with Crippen molar-refractivity contribution in [2.24, 2.45) is 0 Å². The number of hydrogen-bond acceptors (Lipinski definition) is 3. The molecule has 1 heterocycles. The Labute approximate surface area is 164 Å². The molecule has 0 radical (unpaired) electrons. The maximum Gasteiger partial charge on any atom is 0.195 e. The van der Waals surface area contributed by atoms with Crippen molar-refractivity contribution in [3.05, 3.63) is 48.7 Å². The summed E-state index contributed by atoms with van der Waals surface area (Å²) < 4.78 is 0. The van der Waals surface area contributed by atoms with Gasteiger partial charge < -0.3 is 0 Å². The standard InChI is InChI=1S/C23H35NOS/c1-2-3-4-5-6-7-8-9-10-11-12-13-14-15-16-20-23(25)26-22-19-17-18-21-24-22/h6-7,9-10,17-19,21H,2-5,8,11-16,20H2,1H3. The molecule has 1 aromatic heterocycles. The molecule has 0 spiro atoms. The summed E-state index contributed by atoms with van der Waals surface area (Å²) in [5, 5.41) is 1.04. The van der Waals surface area contributed by atoms with Gasteiger partial charge in [-0.2, -0.15) is 0 Å². The quantitative estimate of drug-likeness (QED) is 0.181. The number of carbonyl (C=O) groups excluding carboxylic acids is 1. The highest BCUT2D eigenvalue weighted by atomic mass is 32.2. The first-order valence-electron chi connectivity index (χ1n) is 10.2. The lowest BCUT2D eigenvalue weighted by atomic mass is 10.1. The van der Waals surface area contributed by atoms with Gasteiger partial charge in [-0.1, -0.05) is 69.4 Å². The van der Waals surface area contributed by atoms with Gasteiger partial charge >= 0.3 is 0 Å². The van der Waals surface area contributed by atoms with Gasteiger partial charge in [-0.25, -0.2) is 4.98 Å². The zero-order valence-electron chi connectivity index (χ0n) is 16.4. The predicted octanol–water partition coefficient (Wildman–Crippen LogP) is 7.51. The maximum absolute atomic E-state index is 11.9. The second kappa shape index (κ2) is 17.1. The first kappa shape index (κ1) is 22.7. The van der Waals surface area contributed by atoms with E-state index in [-0.39, 0.29) is 5.12 Å². The second-order valence-electron chi connectivity index (χ2n) is 6.62. The number of allylic oxidation sites excluding steroid dienone is 4. The van der Waals surface area contributed by atoms with Crippen LogP contribution in [0.2, 0.25) is 0 Å². The van der Waals surface area contributed by atoms with E-state index in [4.69, 9.17) is 0 Å². The van der Waals surface area contributed by atoms with Gasteiger partial charge in [0.15, 0.2) is 5.12 Å². The average Bonchev–Trinajstić information content (AvgIpc) is 2.65. The smallest absolute Gasteiger partial charge is 0.195 e. The highest BCUT2D eigenvalue weighted by molar-refractivity contribution is 8.13. The third-order valence-corrected chi connectivity index (χ3v) is 5.07. The third-order valence-electron chi connectivity index (χ3n) is 4.19. The van der Waals surface area contributed by atoms with Crippen molar-refractivity contribution in [1.29, 1.82) is 0 Å². The molecule has 0 aliphatic rings. The van der Waals surface area contributed by atoms with E-state index in [9.17, 15) is 4.79 Å². The molecule has 0 aliphatic heterocycles. The van der Waals surface area contributed by atoms with E-state index in [1.807, 2.05) is 18.2 Å². The third kappa shape index (κ3) is 13.9. The molecule has 0 aromatic carbocycles. The zero-order valence-corrected chi connectivity index (χ0v) is 17.2. The fraction of sp³-hybridized carbons (Fsp3) is 0.565. The predicted molar refractivity (Wildman–Crippen MR) is 114 cm³/mol. The summed E-state index contributed by atoms with van der Waals surface area (Å²) in [6, 6.07) is 5.67. The number of pyridine rings is 1. The van der Waals surface area contributed by atoms with Crippen LogP contribution >= 0.6 is 11.8 Å². The lowest BCUT2D eigenvalue weighted by Gasteiger charge is -2.01. The molecule has 144 valence electrons. The van der Waals surface area contributed by atoms with Gasteiger partial charge in [0.2, 0.25) is 0 Å². The van der Waals surface area contributed by atoms with E-state index < -0.39 is 0 Å². The fourth-order valence-corrected chi connectivity index (χ4v) is 3.40. The average molecular weight is 374 g/mol. The normalized spacial score (nSPS) is 11.6. The largest absolute Gasteiger partial charge is 0.287 e. The summed E-state index contributed by atoms with van der Waals surface area (Å²) >= 11 is 1.27. The summed E-state index contributed by atoms with van der Waals surface area (Å²) in [5.41, 5.74) is 0. The van der Waals surface area contributed by atoms with Crippen molar-refractivity contribution in [2.75, 3.05) is 0 Å². The molecule has 2 nitrogen and oxygen atoms in total. The molecular formula is C23H35NOS. The molecule has 0 N–H and O–H groups in total. The SMILES string of the molecule is CCCCCC=CCC=CCCCCCCCC(=O)Sc1ccccn1. The molecule has 1 aromatic rings. The van der Waals surface area contributed by atoms with Gasteiger partial charge in [-0.3, -0.25) is 4.79 Å². The molecule has 0 fully saturated rings. The van der Waals surface area contributed by atoms with Crippen LogP contribution in [0, 0.1) is 0 Å². The molecular weight excluding hydrogens is 338 g/mol. The Balaban J connectivity index is 1.87. The lowest BCUT2D eigenvalue weighted by molar-refractivity contribution is -0.111. The lowest BCUT2D eigenvalue weighted by Crippen LogP contribution is -1.92. The fourth-order valence-electron chi connectivity index (χ4n) is 2.66. The summed E-state index contributed by atoms with van der Waals surface area (Å²) in [4.78, 5) is 16.0. The van der Waals surface area contributed by atoms with E-state index >= 15 is 0 Å². The minimum absolute atomic E-state index is 0.231. The molecule has 26 heavy (non-hydrogen) atoms. The molecule has 0 amide bonds. The Morgan fingerprint density at radius 3 is 2.31 bits per heavy atom. The van der Waals surface area contributed by atoms with Crippen LogP contribution in [-0.2, 0) is 4.79 Å². The van der Waals surface area contributed by atoms with E-state index in [1.54, 1.807) is 6.20 Å². The summed E-state index contributed by atoms with van der Waals surface area (Å²) in [6.07, 6.45) is 24.9. The molecule has 0 unspecified atom stereocenters. The molecule has 0 saturated carbocycles. The van der Waals surface area contributed by atoms with E-state index in [1.165, 1.54) is 63.1 Å². The number of thioether (sulfide) groups is 1. The second-order valence-corrected chi connectivity index (χ2v) is 7.70. The van der Waals surface area contributed by atoms with Gasteiger partial charge in [0.25, 0.3) is 0 Å². The van der Waals surface area contributed by atoms with Crippen LogP contribution in [-0.4, -0.2) is 10.1 Å². The van der Waals surface area contributed by atoms with Crippen molar-refractivity contribution in [2.45, 2.75) is 89.0 Å². The van der Waals surface area contributed by atoms with Crippen LogP contribution in [0.4, 0.5) is 0 Å². The first-order chi connectivity index (χ1) is 12.8. The highest BCUT2D eigenvalue weighted by Gasteiger charge is 2.04. The molecule has 0 bridgehead atoms. The van der Waals surface area contributed by atoms with Crippen molar-refractivity contribution in [3.8, 4) is 0 Å². The minimum atomic E-state index is 0.231. The van der Waals surface area contributed by atoms with Gasteiger partial charge in [-0.15, -0.1) is 0 Å². The van der Waals surface area contributed by atoms with Crippen LogP contribution in [0.25, 0.3) is 0 Å². The van der Waals surface area contributed by atoms with Gasteiger partial charge in [-0.05, 0) is 62.4 Å². The molecule has 3 heteroatoms. The summed E-state index contributed by atoms with van der Waals surface area (Å²) in [6.45, 7) is 2.24. The number of nitrogens with zero attached hydrogens (tertiary/aromatic N) is 1. The molecule has 0 atom stereocenters. The Morgan fingerprint density at radius 1 is 0.923 bits per heavy atom. The Hall–Kier alpha value is -1.35. The maximum atomic E-state index is 11.9. The van der Waals surface area contributed by atoms with Crippen LogP contribution in [0.5, 0.6) is 0 Å². The van der Waals surface area contributed by atoms with Crippen LogP contribution in [0.3, 0.4) is 0 Å². The topological polar surface area (TPSA) is 30.0 Å². The monoisotopic (exact) mass is 373 g/mol. The van der Waals surface area contributed by atoms with E-state index in [2.05, 4.69) is 36.2 Å². The van der Waals surface area contributed by atoms with Crippen LogP contribution in [0.1, 0.15) is 84.0 Å². The number of unbranched alkanes of at least 4 members (excludes halogenated alkanes) is 8. The van der Waals surface area contributed by atoms with Crippen LogP contribution in [0.15, 0.2) is 53.7 Å². The van der Waals surface area contributed by atoms with Gasteiger partial charge in [0.1, 0.15) is 5.03 Å². The van der Waals surface area contributed by atoms with E-state index in [0.29, 0.717) is 6.42 Å². The van der Waals surface area contributed by atoms with Crippen molar-refractivity contribution in [3.63, 3.8) is 0 Å². The van der Waals surface area contributed by atoms with Gasteiger partial charge in [0, 0.05) is 12.6 Å². The number of hydrogen-bond donors (Lipinski definition) is 0. The molecule has 0 saturated heterocycles. The number of rotatable bonds is 15. The van der Waals surface area contributed by atoms with Crippen molar-refractivity contribution in [1.82, 2.24) is 4.98 Å². The molecule has 0 aliphatic carbocycles. The number of carbonyl (C=O) groups is 1. The summed E-state index contributed by atoms with van der Waals surface area (Å²) in [5.74, 6) is 0. The van der Waals surface area contributed by atoms with Gasteiger partial charge in [0.05, 0.1) is 0 Å². The van der Waals surface area contributed by atoms with E-state index in [0.717, 1.165) is 24.3 Å². The number of aromatic nitrogens is 1. The van der Waals surface area contributed by atoms with Crippen molar-refractivity contribution < 1.29 is 4.79 Å². The Bertz CT molecular complexity index is 510. The first-order valence-corrected chi connectivity index (χ1v) is 11.1. The Morgan fingerprint density at radius 2 is 1.62 bits per heavy atom. The van der Waals surface area contributed by atoms with Crippen molar-refractivity contribution >= 4 is 16.9 Å². The zero-order chi connectivity index (χ0) is 18.7. The van der Waals surface area contributed by atoms with Crippen LogP contribution < -0.4 is 0 Å². The highest BCUT2D eigenvalue weighted by Crippen LogP contribution is 2.19. The summed E-state index contributed by atoms with van der Waals surface area (Å²) in [7, 11) is 0. The minimum Gasteiger partial charge on any atom is -0.287 e. The molecule has 1 rings (SSSR count). The Kier molecular flexibility index (Phi) is 14.9.